The first kappa shape index (κ1) is 9.45. The molecule has 0 bridgehead atoms. The first-order valence-electron chi connectivity index (χ1n) is 3.26. The van der Waals surface area contributed by atoms with Gasteiger partial charge in [0.05, 0.1) is 11.6 Å². The molecule has 0 aliphatic heterocycles. The number of alkyl halides is 2. The van der Waals surface area contributed by atoms with Gasteiger partial charge in [-0.1, -0.05) is 0 Å². The van der Waals surface area contributed by atoms with Gasteiger partial charge in [0.25, 0.3) is 6.43 Å². The minimum absolute atomic E-state index is 0.0114. The molecule has 0 spiro atoms. The Morgan fingerprint density at radius 3 is 2.50 bits per heavy atom. The Kier molecular flexibility index (Phi) is 3.03. The number of methoxy groups -OCH3 is 1. The van der Waals surface area contributed by atoms with Crippen LogP contribution in [0.4, 0.5) is 8.78 Å². The van der Waals surface area contributed by atoms with Crippen molar-refractivity contribution in [3.05, 3.63) is 28.2 Å². The van der Waals surface area contributed by atoms with Crippen molar-refractivity contribution < 1.29 is 13.5 Å². The molecule has 0 fully saturated rings. The number of ether oxygens (including phenoxy) is 1. The van der Waals surface area contributed by atoms with Crippen LogP contribution in [0.2, 0.25) is 0 Å². The zero-order chi connectivity index (χ0) is 9.14. The van der Waals surface area contributed by atoms with Gasteiger partial charge >= 0.3 is 0 Å². The highest BCUT2D eigenvalue weighted by molar-refractivity contribution is 9.10. The number of hydrogen-bond acceptors (Lipinski definition) is 1. The quantitative estimate of drug-likeness (QED) is 0.765. The summed E-state index contributed by atoms with van der Waals surface area (Å²) in [5, 5.41) is 0. The molecule has 0 saturated heterocycles. The standard InChI is InChI=1S/C8H7BrF2O/c1-12-7-3-2-5(8(10)11)4-6(7)9/h2-4,8H,1H3. The van der Waals surface area contributed by atoms with E-state index in [1.807, 2.05) is 0 Å². The molecule has 0 N–H and O–H groups in total. The van der Waals surface area contributed by atoms with Crippen molar-refractivity contribution in [1.82, 2.24) is 0 Å². The van der Waals surface area contributed by atoms with Gasteiger partial charge in [0.1, 0.15) is 5.75 Å². The van der Waals surface area contributed by atoms with Crippen LogP contribution in [-0.2, 0) is 0 Å². The van der Waals surface area contributed by atoms with Crippen molar-refractivity contribution in [1.29, 1.82) is 0 Å². The average molecular weight is 237 g/mol. The molecule has 1 rings (SSSR count). The van der Waals surface area contributed by atoms with E-state index in [0.29, 0.717) is 10.2 Å². The van der Waals surface area contributed by atoms with E-state index in [9.17, 15) is 8.78 Å². The minimum atomic E-state index is -2.44. The number of rotatable bonds is 2. The average Bonchev–Trinajstić information content (AvgIpc) is 2.04. The van der Waals surface area contributed by atoms with Gasteiger partial charge in [-0.3, -0.25) is 0 Å². The molecule has 12 heavy (non-hydrogen) atoms. The van der Waals surface area contributed by atoms with Crippen LogP contribution < -0.4 is 4.74 Å². The van der Waals surface area contributed by atoms with Crippen LogP contribution in [0.3, 0.4) is 0 Å². The molecule has 66 valence electrons. The zero-order valence-electron chi connectivity index (χ0n) is 6.35. The van der Waals surface area contributed by atoms with Crippen LogP contribution in [0.5, 0.6) is 5.75 Å². The maximum atomic E-state index is 12.1. The summed E-state index contributed by atoms with van der Waals surface area (Å²) in [5.74, 6) is 0.555. The lowest BCUT2D eigenvalue weighted by molar-refractivity contribution is 0.151. The molecule has 0 aliphatic carbocycles. The fraction of sp³-hybridized carbons (Fsp3) is 0.250. The molecule has 0 unspecified atom stereocenters. The van der Waals surface area contributed by atoms with Crippen molar-refractivity contribution in [2.45, 2.75) is 6.43 Å². The highest BCUT2D eigenvalue weighted by Gasteiger charge is 2.08. The van der Waals surface area contributed by atoms with Crippen LogP contribution in [-0.4, -0.2) is 7.11 Å². The van der Waals surface area contributed by atoms with E-state index < -0.39 is 6.43 Å². The van der Waals surface area contributed by atoms with Crippen molar-refractivity contribution in [2.75, 3.05) is 7.11 Å². The summed E-state index contributed by atoms with van der Waals surface area (Å²) in [6, 6.07) is 4.20. The van der Waals surface area contributed by atoms with E-state index in [4.69, 9.17) is 4.74 Å². The fourth-order valence-corrected chi connectivity index (χ4v) is 1.38. The molecule has 1 nitrogen and oxygen atoms in total. The largest absolute Gasteiger partial charge is 0.496 e. The van der Waals surface area contributed by atoms with Crippen molar-refractivity contribution >= 4 is 15.9 Å². The van der Waals surface area contributed by atoms with Gasteiger partial charge in [0.15, 0.2) is 0 Å². The van der Waals surface area contributed by atoms with Gasteiger partial charge in [-0.15, -0.1) is 0 Å². The maximum Gasteiger partial charge on any atom is 0.263 e. The number of hydrogen-bond donors (Lipinski definition) is 0. The van der Waals surface area contributed by atoms with Gasteiger partial charge < -0.3 is 4.74 Å². The van der Waals surface area contributed by atoms with Gasteiger partial charge in [-0.05, 0) is 34.1 Å². The summed E-state index contributed by atoms with van der Waals surface area (Å²) in [6.07, 6.45) is -2.44. The second-order valence-electron chi connectivity index (χ2n) is 2.19. The predicted octanol–water partition coefficient (Wildman–Crippen LogP) is 3.40. The van der Waals surface area contributed by atoms with Gasteiger partial charge in [0, 0.05) is 5.56 Å². The summed E-state index contributed by atoms with van der Waals surface area (Å²) in [6.45, 7) is 0. The second-order valence-corrected chi connectivity index (χ2v) is 3.05. The zero-order valence-corrected chi connectivity index (χ0v) is 7.94. The lowest BCUT2D eigenvalue weighted by Crippen LogP contribution is -1.87. The molecule has 0 aliphatic rings. The fourth-order valence-electron chi connectivity index (χ4n) is 0.818. The monoisotopic (exact) mass is 236 g/mol. The third-order valence-corrected chi connectivity index (χ3v) is 2.05. The number of benzene rings is 1. The molecule has 0 aromatic heterocycles. The molecule has 0 heterocycles. The van der Waals surface area contributed by atoms with Crippen LogP contribution in [0.25, 0.3) is 0 Å². The van der Waals surface area contributed by atoms with Crippen molar-refractivity contribution in [3.8, 4) is 5.75 Å². The lowest BCUT2D eigenvalue weighted by atomic mass is 10.2. The molecular weight excluding hydrogens is 230 g/mol. The van der Waals surface area contributed by atoms with E-state index >= 15 is 0 Å². The SMILES string of the molecule is COc1ccc(C(F)F)cc1Br. The van der Waals surface area contributed by atoms with E-state index in [1.165, 1.54) is 25.3 Å². The van der Waals surface area contributed by atoms with Gasteiger partial charge in [0.2, 0.25) is 0 Å². The second kappa shape index (κ2) is 3.85. The molecular formula is C8H7BrF2O. The highest BCUT2D eigenvalue weighted by Crippen LogP contribution is 2.29. The first-order valence-corrected chi connectivity index (χ1v) is 4.06. The predicted molar refractivity (Wildman–Crippen MR) is 45.7 cm³/mol. The Hall–Kier alpha value is -0.640. The summed E-state index contributed by atoms with van der Waals surface area (Å²) in [5.41, 5.74) is -0.0114. The van der Waals surface area contributed by atoms with Crippen molar-refractivity contribution in [2.24, 2.45) is 0 Å². The summed E-state index contributed by atoms with van der Waals surface area (Å²) in [4.78, 5) is 0. The normalized spacial score (nSPS) is 10.4. The van der Waals surface area contributed by atoms with Crippen molar-refractivity contribution in [3.63, 3.8) is 0 Å². The van der Waals surface area contributed by atoms with E-state index in [0.717, 1.165) is 0 Å². The molecule has 4 heteroatoms. The summed E-state index contributed by atoms with van der Waals surface area (Å²) >= 11 is 3.12. The third-order valence-electron chi connectivity index (χ3n) is 1.43. The Morgan fingerprint density at radius 1 is 1.42 bits per heavy atom. The Labute approximate surface area is 77.5 Å². The molecule has 0 atom stereocenters. The van der Waals surface area contributed by atoms with E-state index in [2.05, 4.69) is 15.9 Å². The van der Waals surface area contributed by atoms with Crippen LogP contribution in [0.15, 0.2) is 22.7 Å². The lowest BCUT2D eigenvalue weighted by Gasteiger charge is -2.04. The molecule has 1 aromatic rings. The Bertz CT molecular complexity index is 276. The number of halogens is 3. The summed E-state index contributed by atoms with van der Waals surface area (Å²) < 4.78 is 29.7. The first-order chi connectivity index (χ1) is 5.65. The van der Waals surface area contributed by atoms with Gasteiger partial charge in [-0.2, -0.15) is 0 Å². The maximum absolute atomic E-state index is 12.1. The van der Waals surface area contributed by atoms with E-state index in [1.54, 1.807) is 0 Å². The highest BCUT2D eigenvalue weighted by atomic mass is 79.9. The minimum Gasteiger partial charge on any atom is -0.496 e. The smallest absolute Gasteiger partial charge is 0.263 e. The third kappa shape index (κ3) is 1.94. The summed E-state index contributed by atoms with van der Waals surface area (Å²) in [7, 11) is 1.49. The van der Waals surface area contributed by atoms with Crippen LogP contribution in [0.1, 0.15) is 12.0 Å². The molecule has 0 radical (unpaired) electrons. The van der Waals surface area contributed by atoms with Crippen LogP contribution in [0, 0.1) is 0 Å². The topological polar surface area (TPSA) is 9.23 Å². The molecule has 1 aromatic carbocycles. The molecule has 0 amide bonds. The molecule has 0 saturated carbocycles. The van der Waals surface area contributed by atoms with E-state index in [-0.39, 0.29) is 5.56 Å². The van der Waals surface area contributed by atoms with Gasteiger partial charge in [-0.25, -0.2) is 8.78 Å². The Morgan fingerprint density at radius 2 is 2.08 bits per heavy atom. The van der Waals surface area contributed by atoms with Crippen LogP contribution >= 0.6 is 15.9 Å². The Balaban J connectivity index is 3.02.